The lowest BCUT2D eigenvalue weighted by molar-refractivity contribution is -0.133. The van der Waals surface area contributed by atoms with E-state index in [-0.39, 0.29) is 24.4 Å². The van der Waals surface area contributed by atoms with Crippen LogP contribution in [-0.2, 0) is 4.79 Å². The second kappa shape index (κ2) is 7.52. The first kappa shape index (κ1) is 17.9. The van der Waals surface area contributed by atoms with E-state index in [9.17, 15) is 9.18 Å². The summed E-state index contributed by atoms with van der Waals surface area (Å²) in [7, 11) is 1.71. The summed E-state index contributed by atoms with van der Waals surface area (Å²) in [6.45, 7) is 3.73. The number of halogens is 1. The van der Waals surface area contributed by atoms with Gasteiger partial charge < -0.3 is 9.64 Å². The molecule has 1 unspecified atom stereocenters. The molecule has 1 aromatic heterocycles. The summed E-state index contributed by atoms with van der Waals surface area (Å²) in [5, 5.41) is 0.966. The molecule has 0 saturated heterocycles. The van der Waals surface area contributed by atoms with E-state index in [1.807, 2.05) is 44.2 Å². The molecule has 1 amide bonds. The van der Waals surface area contributed by atoms with Gasteiger partial charge in [0.05, 0.1) is 6.04 Å². The molecule has 0 N–H and O–H groups in total. The Morgan fingerprint density at radius 3 is 2.62 bits per heavy atom. The van der Waals surface area contributed by atoms with E-state index in [0.29, 0.717) is 5.75 Å². The number of amides is 1. The topological polar surface area (TPSA) is 42.4 Å². The summed E-state index contributed by atoms with van der Waals surface area (Å²) >= 11 is 0. The molecule has 134 valence electrons. The van der Waals surface area contributed by atoms with Crippen molar-refractivity contribution in [3.05, 3.63) is 71.7 Å². The third-order valence-electron chi connectivity index (χ3n) is 4.50. The van der Waals surface area contributed by atoms with E-state index in [1.165, 1.54) is 12.1 Å². The molecule has 0 spiro atoms. The molecule has 5 heteroatoms. The molecule has 4 nitrogen and oxygen atoms in total. The smallest absolute Gasteiger partial charge is 0.260 e. The Hall–Kier alpha value is -2.95. The van der Waals surface area contributed by atoms with Gasteiger partial charge in [-0.05, 0) is 43.7 Å². The van der Waals surface area contributed by atoms with Crippen LogP contribution in [0.15, 0.2) is 54.6 Å². The maximum Gasteiger partial charge on any atom is 0.260 e. The molecule has 0 fully saturated rings. The van der Waals surface area contributed by atoms with E-state index in [0.717, 1.165) is 22.2 Å². The fourth-order valence-corrected chi connectivity index (χ4v) is 2.76. The van der Waals surface area contributed by atoms with Crippen molar-refractivity contribution in [3.8, 4) is 5.75 Å². The number of aromatic nitrogens is 1. The van der Waals surface area contributed by atoms with Gasteiger partial charge in [-0.25, -0.2) is 9.37 Å². The molecule has 0 bridgehead atoms. The maximum atomic E-state index is 13.1. The molecule has 0 radical (unpaired) electrons. The number of carbonyl (C=O) groups is 1. The predicted molar refractivity (Wildman–Crippen MR) is 99.6 cm³/mol. The van der Waals surface area contributed by atoms with Gasteiger partial charge in [0.2, 0.25) is 0 Å². The highest BCUT2D eigenvalue weighted by molar-refractivity contribution is 5.85. The highest BCUT2D eigenvalue weighted by Gasteiger charge is 2.18. The number of hydrogen-bond acceptors (Lipinski definition) is 3. The summed E-state index contributed by atoms with van der Waals surface area (Å²) in [5.74, 6) is 0.130. The number of para-hydroxylation sites is 1. The number of nitrogens with zero attached hydrogens (tertiary/aromatic N) is 2. The molecule has 1 heterocycles. The summed E-state index contributed by atoms with van der Waals surface area (Å²) in [4.78, 5) is 18.6. The van der Waals surface area contributed by atoms with Gasteiger partial charge in [-0.2, -0.15) is 0 Å². The Morgan fingerprint density at radius 1 is 1.15 bits per heavy atom. The van der Waals surface area contributed by atoms with Crippen LogP contribution in [0, 0.1) is 12.7 Å². The lowest BCUT2D eigenvalue weighted by Gasteiger charge is -2.25. The molecule has 26 heavy (non-hydrogen) atoms. The first-order valence-corrected chi connectivity index (χ1v) is 8.46. The van der Waals surface area contributed by atoms with E-state index in [4.69, 9.17) is 4.74 Å². The van der Waals surface area contributed by atoms with Crippen LogP contribution >= 0.6 is 0 Å². The first-order valence-electron chi connectivity index (χ1n) is 8.46. The predicted octanol–water partition coefficient (Wildman–Crippen LogP) is 4.28. The van der Waals surface area contributed by atoms with Crippen molar-refractivity contribution in [1.29, 1.82) is 0 Å². The number of ether oxygens (including phenoxy) is 1. The molecule has 3 aromatic rings. The van der Waals surface area contributed by atoms with Crippen LogP contribution in [-0.4, -0.2) is 29.4 Å². The molecule has 2 aromatic carbocycles. The molecule has 0 aliphatic heterocycles. The van der Waals surface area contributed by atoms with Crippen LogP contribution in [0.3, 0.4) is 0 Å². The molecule has 3 rings (SSSR count). The highest BCUT2D eigenvalue weighted by Crippen LogP contribution is 2.24. The van der Waals surface area contributed by atoms with Crippen molar-refractivity contribution >= 4 is 16.8 Å². The average Bonchev–Trinajstić information content (AvgIpc) is 2.65. The van der Waals surface area contributed by atoms with Gasteiger partial charge >= 0.3 is 0 Å². The third-order valence-corrected chi connectivity index (χ3v) is 4.50. The summed E-state index contributed by atoms with van der Waals surface area (Å²) in [6.07, 6.45) is 0. The number of pyridine rings is 1. The van der Waals surface area contributed by atoms with Gasteiger partial charge in [0.25, 0.3) is 5.91 Å². The van der Waals surface area contributed by atoms with Crippen molar-refractivity contribution in [3.63, 3.8) is 0 Å². The van der Waals surface area contributed by atoms with Crippen molar-refractivity contribution in [2.24, 2.45) is 0 Å². The van der Waals surface area contributed by atoms with E-state index >= 15 is 0 Å². The minimum Gasteiger partial charge on any atom is -0.481 e. The van der Waals surface area contributed by atoms with E-state index < -0.39 is 0 Å². The molecule has 0 saturated carbocycles. The van der Waals surface area contributed by atoms with Gasteiger partial charge in [0.15, 0.2) is 6.61 Å². The Labute approximate surface area is 152 Å². The SMILES string of the molecule is Cc1ccc2cccc(OCC(=O)N(C)C(C)c3ccc(F)cc3)c2n1. The summed E-state index contributed by atoms with van der Waals surface area (Å²) in [6, 6.07) is 15.5. The van der Waals surface area contributed by atoms with Crippen LogP contribution < -0.4 is 4.74 Å². The summed E-state index contributed by atoms with van der Waals surface area (Å²) in [5.41, 5.74) is 2.50. The Bertz CT molecular complexity index is 925. The number of fused-ring (bicyclic) bond motifs is 1. The standard InChI is InChI=1S/C21H21FN2O2/c1-14-7-8-17-5-4-6-19(21(17)23-14)26-13-20(25)24(3)15(2)16-9-11-18(22)12-10-16/h4-12,15H,13H2,1-3H3. The quantitative estimate of drug-likeness (QED) is 0.688. The zero-order valence-electron chi connectivity index (χ0n) is 15.1. The molecule has 0 aliphatic carbocycles. The second-order valence-corrected chi connectivity index (χ2v) is 6.30. The molecular formula is C21H21FN2O2. The number of benzene rings is 2. The van der Waals surface area contributed by atoms with Crippen LogP contribution in [0.5, 0.6) is 5.75 Å². The lowest BCUT2D eigenvalue weighted by Crippen LogP contribution is -2.33. The van der Waals surface area contributed by atoms with Gasteiger partial charge in [0.1, 0.15) is 17.1 Å². The maximum absolute atomic E-state index is 13.1. The Morgan fingerprint density at radius 2 is 1.88 bits per heavy atom. The van der Waals surface area contributed by atoms with Crippen LogP contribution in [0.1, 0.15) is 24.2 Å². The summed E-state index contributed by atoms with van der Waals surface area (Å²) < 4.78 is 18.8. The monoisotopic (exact) mass is 352 g/mol. The number of likely N-dealkylation sites (N-methyl/N-ethyl adjacent to an activating group) is 1. The minimum atomic E-state index is -0.294. The normalized spacial score (nSPS) is 12.0. The fraction of sp³-hybridized carbons (Fsp3) is 0.238. The van der Waals surface area contributed by atoms with Crippen molar-refractivity contribution in [2.45, 2.75) is 19.9 Å². The highest BCUT2D eigenvalue weighted by atomic mass is 19.1. The number of carbonyl (C=O) groups excluding carboxylic acids is 1. The van der Waals surface area contributed by atoms with Crippen LogP contribution in [0.4, 0.5) is 4.39 Å². The number of rotatable bonds is 5. The Kier molecular flexibility index (Phi) is 5.16. The number of aryl methyl sites for hydroxylation is 1. The van der Waals surface area contributed by atoms with E-state index in [1.54, 1.807) is 24.1 Å². The zero-order chi connectivity index (χ0) is 18.7. The van der Waals surface area contributed by atoms with E-state index in [2.05, 4.69) is 4.98 Å². The van der Waals surface area contributed by atoms with Crippen molar-refractivity contribution < 1.29 is 13.9 Å². The lowest BCUT2D eigenvalue weighted by atomic mass is 10.1. The fourth-order valence-electron chi connectivity index (χ4n) is 2.76. The van der Waals surface area contributed by atoms with Gasteiger partial charge in [0, 0.05) is 18.1 Å². The van der Waals surface area contributed by atoms with Crippen molar-refractivity contribution in [1.82, 2.24) is 9.88 Å². The van der Waals surface area contributed by atoms with Gasteiger partial charge in [-0.15, -0.1) is 0 Å². The van der Waals surface area contributed by atoms with Gasteiger partial charge in [-0.1, -0.05) is 30.3 Å². The molecular weight excluding hydrogens is 331 g/mol. The van der Waals surface area contributed by atoms with Gasteiger partial charge in [-0.3, -0.25) is 4.79 Å². The molecule has 1 atom stereocenters. The average molecular weight is 352 g/mol. The third kappa shape index (κ3) is 3.82. The van der Waals surface area contributed by atoms with Crippen LogP contribution in [0.2, 0.25) is 0 Å². The number of hydrogen-bond donors (Lipinski definition) is 0. The Balaban J connectivity index is 1.70. The largest absolute Gasteiger partial charge is 0.481 e. The van der Waals surface area contributed by atoms with Crippen LogP contribution in [0.25, 0.3) is 10.9 Å². The zero-order valence-corrected chi connectivity index (χ0v) is 15.1. The van der Waals surface area contributed by atoms with Crippen molar-refractivity contribution in [2.75, 3.05) is 13.7 Å². The second-order valence-electron chi connectivity index (χ2n) is 6.30. The minimum absolute atomic E-state index is 0.0865. The molecule has 0 aliphatic rings. The first-order chi connectivity index (χ1) is 12.5.